The van der Waals surface area contributed by atoms with Crippen LogP contribution >= 0.6 is 0 Å². The molecule has 0 fully saturated rings. The highest BCUT2D eigenvalue weighted by molar-refractivity contribution is 5.92. The van der Waals surface area contributed by atoms with Crippen LogP contribution in [0.5, 0.6) is 0 Å². The van der Waals surface area contributed by atoms with Crippen LogP contribution in [-0.2, 0) is 0 Å². The molecule has 5 heteroatoms. The molecule has 0 radical (unpaired) electrons. The van der Waals surface area contributed by atoms with Gasteiger partial charge in [0.1, 0.15) is 0 Å². The maximum absolute atomic E-state index is 11.0. The van der Waals surface area contributed by atoms with Crippen molar-refractivity contribution < 1.29 is 4.79 Å². The highest BCUT2D eigenvalue weighted by Gasteiger charge is 2.10. The van der Waals surface area contributed by atoms with Gasteiger partial charge < -0.3 is 11.5 Å². The molecule has 1 unspecified atom stereocenters. The molecule has 1 amide bonds. The van der Waals surface area contributed by atoms with Gasteiger partial charge in [0.25, 0.3) is 5.91 Å². The maximum Gasteiger partial charge on any atom is 0.251 e. The number of amides is 1. The fourth-order valence-corrected chi connectivity index (χ4v) is 1.66. The number of nitrogens with zero attached hydrogens (tertiary/aromatic N) is 2. The molecule has 1 atom stereocenters. The van der Waals surface area contributed by atoms with Crippen LogP contribution in [0, 0.1) is 0 Å². The van der Waals surface area contributed by atoms with Gasteiger partial charge in [-0.1, -0.05) is 18.2 Å². The first-order chi connectivity index (χ1) is 8.09. The van der Waals surface area contributed by atoms with Crippen molar-refractivity contribution in [1.82, 2.24) is 9.78 Å². The monoisotopic (exact) mass is 230 g/mol. The van der Waals surface area contributed by atoms with Gasteiger partial charge in [-0.2, -0.15) is 5.10 Å². The molecule has 0 bridgehead atoms. The van der Waals surface area contributed by atoms with Crippen molar-refractivity contribution >= 4 is 5.91 Å². The zero-order valence-electron chi connectivity index (χ0n) is 9.50. The molecule has 5 nitrogen and oxygen atoms in total. The lowest BCUT2D eigenvalue weighted by Crippen LogP contribution is -2.11. The van der Waals surface area contributed by atoms with Gasteiger partial charge in [-0.15, -0.1) is 0 Å². The van der Waals surface area contributed by atoms with Crippen LogP contribution in [0.1, 0.15) is 28.9 Å². The third-order valence-electron chi connectivity index (χ3n) is 2.54. The van der Waals surface area contributed by atoms with Crippen molar-refractivity contribution in [1.29, 1.82) is 0 Å². The number of rotatable bonds is 3. The van der Waals surface area contributed by atoms with Gasteiger partial charge in [0.05, 0.1) is 17.4 Å². The Morgan fingerprint density at radius 1 is 1.41 bits per heavy atom. The number of nitrogens with two attached hydrogens (primary N) is 2. The minimum absolute atomic E-state index is 0.104. The highest BCUT2D eigenvalue weighted by atomic mass is 16.1. The zero-order valence-corrected chi connectivity index (χ0v) is 9.50. The van der Waals surface area contributed by atoms with E-state index in [9.17, 15) is 4.79 Å². The Morgan fingerprint density at radius 2 is 2.12 bits per heavy atom. The van der Waals surface area contributed by atoms with E-state index in [1.807, 2.05) is 31.2 Å². The highest BCUT2D eigenvalue weighted by Crippen LogP contribution is 2.19. The van der Waals surface area contributed by atoms with Crippen LogP contribution in [0.15, 0.2) is 36.7 Å². The number of carbonyl (C=O) groups excluding carboxylic acids is 1. The van der Waals surface area contributed by atoms with Gasteiger partial charge in [0.2, 0.25) is 0 Å². The van der Waals surface area contributed by atoms with E-state index < -0.39 is 5.91 Å². The molecule has 0 saturated heterocycles. The fourth-order valence-electron chi connectivity index (χ4n) is 1.66. The van der Waals surface area contributed by atoms with Crippen molar-refractivity contribution in [2.75, 3.05) is 0 Å². The van der Waals surface area contributed by atoms with E-state index >= 15 is 0 Å². The number of hydrogen-bond donors (Lipinski definition) is 2. The Morgan fingerprint density at radius 3 is 2.71 bits per heavy atom. The molecule has 1 aromatic heterocycles. The molecule has 0 saturated carbocycles. The van der Waals surface area contributed by atoms with Crippen LogP contribution < -0.4 is 11.5 Å². The first-order valence-corrected chi connectivity index (χ1v) is 5.29. The van der Waals surface area contributed by atoms with E-state index in [0.29, 0.717) is 5.56 Å². The Bertz CT molecular complexity index is 545. The zero-order chi connectivity index (χ0) is 12.4. The van der Waals surface area contributed by atoms with Crippen LogP contribution in [0.2, 0.25) is 0 Å². The number of aromatic nitrogens is 2. The summed E-state index contributed by atoms with van der Waals surface area (Å²) in [5.41, 5.74) is 13.3. The van der Waals surface area contributed by atoms with Crippen LogP contribution in [-0.4, -0.2) is 15.7 Å². The molecule has 0 aliphatic rings. The van der Waals surface area contributed by atoms with E-state index in [-0.39, 0.29) is 6.04 Å². The van der Waals surface area contributed by atoms with Gasteiger partial charge in [0.15, 0.2) is 0 Å². The minimum Gasteiger partial charge on any atom is -0.366 e. The standard InChI is InChI=1S/C12H14N4O/c1-8(13)10-4-2-3-5-11(10)16-7-9(6-15-16)12(14)17/h2-8H,13H2,1H3,(H2,14,17). The molecule has 1 aromatic carbocycles. The normalized spacial score (nSPS) is 12.4. The van der Waals surface area contributed by atoms with Gasteiger partial charge in [-0.25, -0.2) is 4.68 Å². The van der Waals surface area contributed by atoms with Crippen molar-refractivity contribution in [3.05, 3.63) is 47.8 Å². The summed E-state index contributed by atoms with van der Waals surface area (Å²) in [4.78, 5) is 11.0. The maximum atomic E-state index is 11.0. The average Bonchev–Trinajstić information content (AvgIpc) is 2.78. The van der Waals surface area contributed by atoms with Gasteiger partial charge in [-0.05, 0) is 18.6 Å². The summed E-state index contributed by atoms with van der Waals surface area (Å²) in [6.45, 7) is 1.90. The predicted octanol–water partition coefficient (Wildman–Crippen LogP) is 0.991. The second-order valence-corrected chi connectivity index (χ2v) is 3.89. The molecule has 0 aliphatic carbocycles. The first kappa shape index (κ1) is 11.3. The lowest BCUT2D eigenvalue weighted by molar-refractivity contribution is 0.100. The van der Waals surface area contributed by atoms with Crippen LogP contribution in [0.25, 0.3) is 5.69 Å². The molecular formula is C12H14N4O. The quantitative estimate of drug-likeness (QED) is 0.824. The summed E-state index contributed by atoms with van der Waals surface area (Å²) < 4.78 is 1.61. The van der Waals surface area contributed by atoms with Crippen molar-refractivity contribution in [2.45, 2.75) is 13.0 Å². The van der Waals surface area contributed by atoms with Gasteiger partial charge in [0, 0.05) is 12.2 Å². The largest absolute Gasteiger partial charge is 0.366 e. The van der Waals surface area contributed by atoms with Gasteiger partial charge in [-0.3, -0.25) is 4.79 Å². The first-order valence-electron chi connectivity index (χ1n) is 5.29. The molecule has 1 heterocycles. The van der Waals surface area contributed by atoms with Crippen molar-refractivity contribution in [3.63, 3.8) is 0 Å². The summed E-state index contributed by atoms with van der Waals surface area (Å²) in [5, 5.41) is 4.11. The number of primary amides is 1. The molecule has 2 aromatic rings. The molecular weight excluding hydrogens is 216 g/mol. The number of para-hydroxylation sites is 1. The molecule has 0 spiro atoms. The van der Waals surface area contributed by atoms with Gasteiger partial charge >= 0.3 is 0 Å². The number of carbonyl (C=O) groups is 1. The van der Waals surface area contributed by atoms with E-state index in [1.165, 1.54) is 6.20 Å². The Hall–Kier alpha value is -2.14. The van der Waals surface area contributed by atoms with Crippen molar-refractivity contribution in [3.8, 4) is 5.69 Å². The fraction of sp³-hybridized carbons (Fsp3) is 0.167. The van der Waals surface area contributed by atoms with Crippen LogP contribution in [0.4, 0.5) is 0 Å². The SMILES string of the molecule is CC(N)c1ccccc1-n1cc(C(N)=O)cn1. The van der Waals surface area contributed by atoms with E-state index in [2.05, 4.69) is 5.10 Å². The lowest BCUT2D eigenvalue weighted by atomic mass is 10.1. The number of hydrogen-bond acceptors (Lipinski definition) is 3. The molecule has 0 aliphatic heterocycles. The second-order valence-electron chi connectivity index (χ2n) is 3.89. The Labute approximate surface area is 99.0 Å². The number of benzene rings is 1. The molecule has 4 N–H and O–H groups in total. The summed E-state index contributed by atoms with van der Waals surface area (Å²) >= 11 is 0. The minimum atomic E-state index is -0.491. The topological polar surface area (TPSA) is 86.9 Å². The third kappa shape index (κ3) is 2.19. The summed E-state index contributed by atoms with van der Waals surface area (Å²) in [7, 11) is 0. The van der Waals surface area contributed by atoms with E-state index in [0.717, 1.165) is 11.3 Å². The summed E-state index contributed by atoms with van der Waals surface area (Å²) in [5.74, 6) is -0.491. The molecule has 17 heavy (non-hydrogen) atoms. The second kappa shape index (κ2) is 4.39. The molecule has 88 valence electrons. The van der Waals surface area contributed by atoms with E-state index in [1.54, 1.807) is 10.9 Å². The Balaban J connectivity index is 2.48. The lowest BCUT2D eigenvalue weighted by Gasteiger charge is -2.11. The third-order valence-corrected chi connectivity index (χ3v) is 2.54. The van der Waals surface area contributed by atoms with Crippen LogP contribution in [0.3, 0.4) is 0 Å². The summed E-state index contributed by atoms with van der Waals surface area (Å²) in [6.07, 6.45) is 3.05. The Kier molecular flexibility index (Phi) is 2.93. The average molecular weight is 230 g/mol. The van der Waals surface area contributed by atoms with Crippen molar-refractivity contribution in [2.24, 2.45) is 11.5 Å². The summed E-state index contributed by atoms with van der Waals surface area (Å²) in [6, 6.07) is 7.54. The smallest absolute Gasteiger partial charge is 0.251 e. The molecule has 2 rings (SSSR count). The predicted molar refractivity (Wildman–Crippen MR) is 64.7 cm³/mol. The van der Waals surface area contributed by atoms with E-state index in [4.69, 9.17) is 11.5 Å².